The Morgan fingerprint density at radius 3 is 2.71 bits per heavy atom. The summed E-state index contributed by atoms with van der Waals surface area (Å²) in [6, 6.07) is 14.5. The minimum Gasteiger partial charge on any atom is -0.493 e. The summed E-state index contributed by atoms with van der Waals surface area (Å²) in [6.07, 6.45) is 0. The van der Waals surface area contributed by atoms with E-state index in [2.05, 4.69) is 51.2 Å². The average molecular weight is 290 g/mol. The van der Waals surface area contributed by atoms with Gasteiger partial charge in [-0.05, 0) is 18.2 Å². The van der Waals surface area contributed by atoms with Crippen molar-refractivity contribution in [1.29, 1.82) is 0 Å². The number of aromatic amines is 1. The van der Waals surface area contributed by atoms with Crippen LogP contribution in [-0.2, 0) is 0 Å². The molecule has 2 nitrogen and oxygen atoms in total. The highest BCUT2D eigenvalue weighted by Crippen LogP contribution is 2.28. The van der Waals surface area contributed by atoms with Crippen LogP contribution in [-0.4, -0.2) is 16.9 Å². The lowest BCUT2D eigenvalue weighted by molar-refractivity contribution is 0.345. The van der Waals surface area contributed by atoms with Gasteiger partial charge in [0, 0.05) is 27.7 Å². The van der Waals surface area contributed by atoms with E-state index in [-0.39, 0.29) is 0 Å². The lowest BCUT2D eigenvalue weighted by Gasteiger charge is -2.03. The van der Waals surface area contributed by atoms with Crippen molar-refractivity contribution in [1.82, 2.24) is 4.98 Å². The molecule has 0 aliphatic heterocycles. The van der Waals surface area contributed by atoms with Crippen LogP contribution in [0.25, 0.3) is 21.8 Å². The zero-order valence-corrected chi connectivity index (χ0v) is 10.8. The van der Waals surface area contributed by atoms with E-state index < -0.39 is 0 Å². The third-order valence-corrected chi connectivity index (χ3v) is 3.15. The van der Waals surface area contributed by atoms with E-state index in [1.807, 2.05) is 12.1 Å². The van der Waals surface area contributed by atoms with E-state index in [0.29, 0.717) is 6.61 Å². The first-order chi connectivity index (χ1) is 8.38. The van der Waals surface area contributed by atoms with Crippen molar-refractivity contribution in [3.05, 3.63) is 42.5 Å². The van der Waals surface area contributed by atoms with Crippen LogP contribution in [0.1, 0.15) is 0 Å². The number of hydrogen-bond acceptors (Lipinski definition) is 1. The first-order valence-corrected chi connectivity index (χ1v) is 6.70. The van der Waals surface area contributed by atoms with Gasteiger partial charge >= 0.3 is 0 Å². The maximum Gasteiger partial charge on any atom is 0.121 e. The second-order valence-corrected chi connectivity index (χ2v) is 4.71. The monoisotopic (exact) mass is 289 g/mol. The second-order valence-electron chi connectivity index (χ2n) is 3.92. The number of para-hydroxylation sites is 1. The van der Waals surface area contributed by atoms with Crippen LogP contribution in [0.5, 0.6) is 5.75 Å². The lowest BCUT2D eigenvalue weighted by Crippen LogP contribution is -1.97. The summed E-state index contributed by atoms with van der Waals surface area (Å²) in [4.78, 5) is 3.40. The first kappa shape index (κ1) is 10.7. The van der Waals surface area contributed by atoms with Crippen molar-refractivity contribution in [2.75, 3.05) is 11.9 Å². The number of alkyl halides is 1. The molecule has 0 aliphatic rings. The van der Waals surface area contributed by atoms with Gasteiger partial charge in [-0.3, -0.25) is 0 Å². The highest BCUT2D eigenvalue weighted by atomic mass is 79.9. The molecule has 0 unspecified atom stereocenters. The smallest absolute Gasteiger partial charge is 0.121 e. The zero-order chi connectivity index (χ0) is 11.7. The van der Waals surface area contributed by atoms with Crippen molar-refractivity contribution in [2.24, 2.45) is 0 Å². The number of hydrogen-bond donors (Lipinski definition) is 1. The van der Waals surface area contributed by atoms with Crippen molar-refractivity contribution < 1.29 is 4.74 Å². The fraction of sp³-hybridized carbons (Fsp3) is 0.143. The van der Waals surface area contributed by atoms with Crippen LogP contribution < -0.4 is 4.74 Å². The van der Waals surface area contributed by atoms with Crippen LogP contribution in [0.3, 0.4) is 0 Å². The van der Waals surface area contributed by atoms with Crippen LogP contribution in [0, 0.1) is 0 Å². The first-order valence-electron chi connectivity index (χ1n) is 5.58. The number of halogens is 1. The van der Waals surface area contributed by atoms with Gasteiger partial charge in [0.15, 0.2) is 0 Å². The van der Waals surface area contributed by atoms with Crippen LogP contribution in [0.15, 0.2) is 42.5 Å². The minimum atomic E-state index is 0.686. The summed E-state index contributed by atoms with van der Waals surface area (Å²) in [7, 11) is 0. The standard InChI is InChI=1S/C14H12BrNO/c15-7-8-17-10-5-6-12-11-3-1-2-4-13(11)16-14(12)9-10/h1-6,9,16H,7-8H2. The number of H-pyrrole nitrogens is 1. The number of rotatable bonds is 3. The summed E-state index contributed by atoms with van der Waals surface area (Å²) in [5.41, 5.74) is 2.29. The summed E-state index contributed by atoms with van der Waals surface area (Å²) in [5.74, 6) is 0.906. The molecule has 1 heterocycles. The largest absolute Gasteiger partial charge is 0.493 e. The molecule has 0 radical (unpaired) electrons. The quantitative estimate of drug-likeness (QED) is 0.722. The Morgan fingerprint density at radius 2 is 1.82 bits per heavy atom. The van der Waals surface area contributed by atoms with Crippen LogP contribution >= 0.6 is 15.9 Å². The van der Waals surface area contributed by atoms with Crippen LogP contribution in [0.4, 0.5) is 0 Å². The van der Waals surface area contributed by atoms with Gasteiger partial charge in [0.1, 0.15) is 5.75 Å². The second kappa shape index (κ2) is 4.41. The number of aromatic nitrogens is 1. The highest BCUT2D eigenvalue weighted by molar-refractivity contribution is 9.09. The third kappa shape index (κ3) is 1.91. The normalized spacial score (nSPS) is 11.1. The Kier molecular flexibility index (Phi) is 2.77. The number of fused-ring (bicyclic) bond motifs is 3. The number of benzene rings is 2. The Bertz CT molecular complexity index is 659. The molecular weight excluding hydrogens is 278 g/mol. The molecule has 0 fully saturated rings. The van der Waals surface area contributed by atoms with E-state index in [1.165, 1.54) is 16.3 Å². The van der Waals surface area contributed by atoms with Gasteiger partial charge in [-0.25, -0.2) is 0 Å². The molecule has 1 N–H and O–H groups in total. The van der Waals surface area contributed by atoms with Gasteiger partial charge in [-0.1, -0.05) is 34.1 Å². The van der Waals surface area contributed by atoms with E-state index in [4.69, 9.17) is 4.74 Å². The predicted molar refractivity (Wildman–Crippen MR) is 75.1 cm³/mol. The minimum absolute atomic E-state index is 0.686. The topological polar surface area (TPSA) is 25.0 Å². The number of nitrogens with one attached hydrogen (secondary N) is 1. The Morgan fingerprint density at radius 1 is 1.00 bits per heavy atom. The molecule has 17 heavy (non-hydrogen) atoms. The van der Waals surface area contributed by atoms with Gasteiger partial charge in [0.05, 0.1) is 12.1 Å². The Balaban J connectivity index is 2.13. The van der Waals surface area contributed by atoms with Crippen LogP contribution in [0.2, 0.25) is 0 Å². The van der Waals surface area contributed by atoms with Crippen molar-refractivity contribution in [3.8, 4) is 5.75 Å². The molecule has 1 aromatic heterocycles. The van der Waals surface area contributed by atoms with E-state index in [1.54, 1.807) is 0 Å². The van der Waals surface area contributed by atoms with E-state index in [0.717, 1.165) is 16.6 Å². The van der Waals surface area contributed by atoms with Gasteiger partial charge in [0.25, 0.3) is 0 Å². The zero-order valence-electron chi connectivity index (χ0n) is 9.24. The average Bonchev–Trinajstić information content (AvgIpc) is 2.74. The molecule has 0 bridgehead atoms. The molecule has 3 heteroatoms. The van der Waals surface area contributed by atoms with Gasteiger partial charge < -0.3 is 9.72 Å². The summed E-state index contributed by atoms with van der Waals surface area (Å²) in [5, 5.41) is 3.35. The maximum atomic E-state index is 5.59. The van der Waals surface area contributed by atoms with E-state index >= 15 is 0 Å². The molecule has 0 saturated carbocycles. The molecule has 3 aromatic rings. The maximum absolute atomic E-state index is 5.59. The summed E-state index contributed by atoms with van der Waals surface area (Å²) >= 11 is 3.35. The fourth-order valence-corrected chi connectivity index (χ4v) is 2.24. The predicted octanol–water partition coefficient (Wildman–Crippen LogP) is 4.09. The van der Waals surface area contributed by atoms with Crippen molar-refractivity contribution in [2.45, 2.75) is 0 Å². The molecule has 86 valence electrons. The summed E-state index contributed by atoms with van der Waals surface area (Å²) < 4.78 is 5.59. The van der Waals surface area contributed by atoms with E-state index in [9.17, 15) is 0 Å². The highest BCUT2D eigenvalue weighted by Gasteiger charge is 2.04. The molecule has 2 aromatic carbocycles. The summed E-state index contributed by atoms with van der Waals surface area (Å²) in [6.45, 7) is 0.686. The Labute approximate surface area is 108 Å². The molecule has 0 spiro atoms. The molecule has 0 amide bonds. The van der Waals surface area contributed by atoms with Crippen molar-refractivity contribution >= 4 is 37.7 Å². The third-order valence-electron chi connectivity index (χ3n) is 2.82. The molecule has 0 atom stereocenters. The molecule has 0 aliphatic carbocycles. The van der Waals surface area contributed by atoms with Gasteiger partial charge in [-0.15, -0.1) is 0 Å². The SMILES string of the molecule is BrCCOc1ccc2c(c1)[nH]c1ccccc12. The van der Waals surface area contributed by atoms with Gasteiger partial charge in [-0.2, -0.15) is 0 Å². The van der Waals surface area contributed by atoms with Gasteiger partial charge in [0.2, 0.25) is 0 Å². The molecular formula is C14H12BrNO. The lowest BCUT2D eigenvalue weighted by atomic mass is 10.1. The fourth-order valence-electron chi connectivity index (χ4n) is 2.08. The molecule has 0 saturated heterocycles. The Hall–Kier alpha value is -1.48. The van der Waals surface area contributed by atoms with Crippen molar-refractivity contribution in [3.63, 3.8) is 0 Å². The number of ether oxygens (including phenoxy) is 1. The molecule has 3 rings (SSSR count).